The van der Waals surface area contributed by atoms with E-state index in [4.69, 9.17) is 11.5 Å². The third-order valence-corrected chi connectivity index (χ3v) is 6.26. The lowest BCUT2D eigenvalue weighted by Crippen LogP contribution is -2.48. The Balaban J connectivity index is 2.10. The van der Waals surface area contributed by atoms with Crippen molar-refractivity contribution in [1.82, 2.24) is 14.6 Å². The van der Waals surface area contributed by atoms with Gasteiger partial charge in [0.1, 0.15) is 10.9 Å². The molecule has 0 fully saturated rings. The summed E-state index contributed by atoms with van der Waals surface area (Å²) in [5, 5.41) is 4.83. The highest BCUT2D eigenvalue weighted by Crippen LogP contribution is 2.32. The van der Waals surface area contributed by atoms with Gasteiger partial charge in [0.15, 0.2) is 5.69 Å². The van der Waals surface area contributed by atoms with Crippen molar-refractivity contribution in [3.63, 3.8) is 0 Å². The summed E-state index contributed by atoms with van der Waals surface area (Å²) in [6.45, 7) is 5.78. The monoisotopic (exact) mass is 471 g/mol. The maximum atomic E-state index is 13.7. The third-order valence-electron chi connectivity index (χ3n) is 4.48. The Morgan fingerprint density at radius 3 is 2.34 bits per heavy atom. The van der Waals surface area contributed by atoms with E-state index in [9.17, 15) is 14.4 Å². The highest BCUT2D eigenvalue weighted by molar-refractivity contribution is 7.10. The van der Waals surface area contributed by atoms with Crippen molar-refractivity contribution in [2.75, 3.05) is 5.73 Å². The lowest BCUT2D eigenvalue weighted by Gasteiger charge is -2.33. The van der Waals surface area contributed by atoms with Crippen molar-refractivity contribution in [2.24, 2.45) is 5.73 Å². The maximum Gasteiger partial charge on any atom is 0.270 e. The Morgan fingerprint density at radius 2 is 1.81 bits per heavy atom. The molecule has 0 aliphatic rings. The molecule has 2 heterocycles. The molecule has 0 radical (unpaired) electrons. The first-order valence-electron chi connectivity index (χ1n) is 9.83. The molecular formula is C22H25N5O3S2. The van der Waals surface area contributed by atoms with Crippen LogP contribution in [0.4, 0.5) is 5.69 Å². The number of primary amides is 1. The second-order valence-corrected chi connectivity index (χ2v) is 9.97. The summed E-state index contributed by atoms with van der Waals surface area (Å²) in [5.41, 5.74) is 11.5. The minimum absolute atomic E-state index is 0.0693. The number of amides is 3. The van der Waals surface area contributed by atoms with E-state index in [0.717, 1.165) is 17.1 Å². The minimum atomic E-state index is -0.902. The number of nitrogen functional groups attached to an aromatic ring is 1. The summed E-state index contributed by atoms with van der Waals surface area (Å²) in [5.74, 6) is -1.63. The van der Waals surface area contributed by atoms with Crippen LogP contribution in [0.15, 0.2) is 47.8 Å². The number of nitrogens with zero attached hydrogens (tertiary/aromatic N) is 2. The number of carbonyl (C=O) groups is 3. The predicted molar refractivity (Wildman–Crippen MR) is 126 cm³/mol. The number of nitrogens with two attached hydrogens (primary N) is 2. The van der Waals surface area contributed by atoms with Crippen LogP contribution in [-0.2, 0) is 11.3 Å². The number of hydrogen-bond acceptors (Lipinski definition) is 7. The molecule has 2 aromatic heterocycles. The molecule has 3 rings (SSSR count). The van der Waals surface area contributed by atoms with Gasteiger partial charge in [-0.2, -0.15) is 4.37 Å². The SMILES string of the molecule is CC(C)(C)NC(=O)C(c1cccs1)N(Cc1ccccc1)C(=O)c1snc(C(N)=O)c1N. The van der Waals surface area contributed by atoms with Crippen LogP contribution in [0.3, 0.4) is 0 Å². The van der Waals surface area contributed by atoms with Gasteiger partial charge in [-0.25, -0.2) is 0 Å². The molecule has 1 atom stereocenters. The molecule has 0 bridgehead atoms. The first kappa shape index (κ1) is 23.4. The fraction of sp³-hybridized carbons (Fsp3) is 0.273. The van der Waals surface area contributed by atoms with Gasteiger partial charge in [0.25, 0.3) is 11.8 Å². The molecule has 8 nitrogen and oxygen atoms in total. The van der Waals surface area contributed by atoms with Crippen LogP contribution in [0.25, 0.3) is 0 Å². The van der Waals surface area contributed by atoms with Gasteiger partial charge in [-0.05, 0) is 49.3 Å². The minimum Gasteiger partial charge on any atom is -0.395 e. The summed E-state index contributed by atoms with van der Waals surface area (Å²) < 4.78 is 3.95. The molecule has 3 amide bonds. The fourth-order valence-electron chi connectivity index (χ4n) is 3.13. The molecule has 1 unspecified atom stereocenters. The van der Waals surface area contributed by atoms with Crippen LogP contribution in [-0.4, -0.2) is 32.5 Å². The van der Waals surface area contributed by atoms with Crippen molar-refractivity contribution in [3.8, 4) is 0 Å². The van der Waals surface area contributed by atoms with Gasteiger partial charge >= 0.3 is 0 Å². The van der Waals surface area contributed by atoms with E-state index < -0.39 is 23.4 Å². The predicted octanol–water partition coefficient (Wildman–Crippen LogP) is 3.18. The van der Waals surface area contributed by atoms with Crippen molar-refractivity contribution < 1.29 is 14.4 Å². The zero-order chi connectivity index (χ0) is 23.5. The second kappa shape index (κ2) is 9.49. The van der Waals surface area contributed by atoms with E-state index in [-0.39, 0.29) is 28.7 Å². The topological polar surface area (TPSA) is 131 Å². The number of thiophene rings is 1. The Morgan fingerprint density at radius 1 is 1.12 bits per heavy atom. The highest BCUT2D eigenvalue weighted by atomic mass is 32.1. The molecule has 0 spiro atoms. The van der Waals surface area contributed by atoms with Crippen molar-refractivity contribution in [2.45, 2.75) is 38.9 Å². The lowest BCUT2D eigenvalue weighted by molar-refractivity contribution is -0.127. The zero-order valence-electron chi connectivity index (χ0n) is 18.0. The Kier molecular flexibility index (Phi) is 6.95. The highest BCUT2D eigenvalue weighted by Gasteiger charge is 2.36. The molecule has 32 heavy (non-hydrogen) atoms. The molecular weight excluding hydrogens is 446 g/mol. The number of carbonyl (C=O) groups excluding carboxylic acids is 3. The van der Waals surface area contributed by atoms with Crippen LogP contribution >= 0.6 is 22.9 Å². The Bertz CT molecular complexity index is 1100. The Labute approximate surface area is 194 Å². The average molecular weight is 472 g/mol. The van der Waals surface area contributed by atoms with Gasteiger partial charge in [0.05, 0.1) is 5.69 Å². The van der Waals surface area contributed by atoms with E-state index in [1.165, 1.54) is 16.2 Å². The van der Waals surface area contributed by atoms with Crippen LogP contribution < -0.4 is 16.8 Å². The molecule has 0 aliphatic heterocycles. The molecule has 1 aromatic carbocycles. The molecule has 0 saturated heterocycles. The number of nitrogens with one attached hydrogen (secondary N) is 1. The van der Waals surface area contributed by atoms with Crippen LogP contribution in [0.5, 0.6) is 0 Å². The maximum absolute atomic E-state index is 13.7. The van der Waals surface area contributed by atoms with Gasteiger partial charge < -0.3 is 21.7 Å². The largest absolute Gasteiger partial charge is 0.395 e. The third kappa shape index (κ3) is 5.32. The molecule has 0 saturated carbocycles. The summed E-state index contributed by atoms with van der Waals surface area (Å²) in [4.78, 5) is 40.9. The van der Waals surface area contributed by atoms with Crippen LogP contribution in [0.2, 0.25) is 0 Å². The van der Waals surface area contributed by atoms with Gasteiger partial charge in [0.2, 0.25) is 5.91 Å². The first-order valence-corrected chi connectivity index (χ1v) is 11.5. The summed E-state index contributed by atoms with van der Waals surface area (Å²) in [6.07, 6.45) is 0. The van der Waals surface area contributed by atoms with Crippen LogP contribution in [0, 0.1) is 0 Å². The van der Waals surface area contributed by atoms with E-state index in [1.807, 2.05) is 68.6 Å². The molecule has 10 heteroatoms. The standard InChI is InChI=1S/C22H25N5O3S2/c1-22(2,3)25-20(29)17(14-10-7-11-31-14)27(12-13-8-5-4-6-9-13)21(30)18-15(23)16(19(24)28)26-32-18/h4-11,17H,12,23H2,1-3H3,(H2,24,28)(H,25,29). The van der Waals surface area contributed by atoms with E-state index in [0.29, 0.717) is 4.88 Å². The van der Waals surface area contributed by atoms with E-state index >= 15 is 0 Å². The number of benzene rings is 1. The quantitative estimate of drug-likeness (QED) is 0.487. The number of anilines is 1. The van der Waals surface area contributed by atoms with E-state index in [2.05, 4.69) is 9.69 Å². The summed E-state index contributed by atoms with van der Waals surface area (Å²) in [6, 6.07) is 12.1. The summed E-state index contributed by atoms with van der Waals surface area (Å²) >= 11 is 2.17. The smallest absolute Gasteiger partial charge is 0.270 e. The normalized spacial score (nSPS) is 12.2. The van der Waals surface area contributed by atoms with Gasteiger partial charge in [-0.15, -0.1) is 11.3 Å². The number of hydrogen-bond donors (Lipinski definition) is 3. The second-order valence-electron chi connectivity index (χ2n) is 8.21. The molecule has 3 aromatic rings. The number of rotatable bonds is 7. The van der Waals surface area contributed by atoms with Crippen molar-refractivity contribution >= 4 is 46.3 Å². The van der Waals surface area contributed by atoms with Crippen LogP contribution in [0.1, 0.15) is 57.4 Å². The van der Waals surface area contributed by atoms with Crippen molar-refractivity contribution in [1.29, 1.82) is 0 Å². The van der Waals surface area contributed by atoms with Crippen molar-refractivity contribution in [3.05, 3.63) is 68.9 Å². The van der Waals surface area contributed by atoms with E-state index in [1.54, 1.807) is 0 Å². The Hall–Kier alpha value is -3.24. The zero-order valence-corrected chi connectivity index (χ0v) is 19.6. The molecule has 168 valence electrons. The first-order chi connectivity index (χ1) is 15.1. The van der Waals surface area contributed by atoms with Gasteiger partial charge in [0, 0.05) is 17.0 Å². The molecule has 0 aliphatic carbocycles. The summed E-state index contributed by atoms with van der Waals surface area (Å²) in [7, 11) is 0. The average Bonchev–Trinajstić information content (AvgIpc) is 3.36. The number of aromatic nitrogens is 1. The van der Waals surface area contributed by atoms with Gasteiger partial charge in [-0.3, -0.25) is 14.4 Å². The van der Waals surface area contributed by atoms with Gasteiger partial charge in [-0.1, -0.05) is 36.4 Å². The molecule has 5 N–H and O–H groups in total. The fourth-order valence-corrected chi connectivity index (χ4v) is 4.73. The lowest BCUT2D eigenvalue weighted by atomic mass is 10.1.